The van der Waals surface area contributed by atoms with Gasteiger partial charge in [-0.15, -0.1) is 11.6 Å². The minimum Gasteiger partial charge on any atom is -0.508 e. The lowest BCUT2D eigenvalue weighted by Crippen LogP contribution is -2.54. The number of aromatic amines is 1. The molecule has 0 radical (unpaired) electrons. The number of likely N-dealkylation sites (N-methyl/N-ethyl adjacent to an activating group) is 1. The Labute approximate surface area is 555 Å². The third-order valence-corrected chi connectivity index (χ3v) is 16.0. The molecule has 30 nitrogen and oxygen atoms in total. The Bertz CT molecular complexity index is 3900. The molecule has 0 fully saturated rings. The van der Waals surface area contributed by atoms with Crippen molar-refractivity contribution in [3.05, 3.63) is 131 Å². The van der Waals surface area contributed by atoms with E-state index < -0.39 is 83.8 Å². The number of amides is 13. The van der Waals surface area contributed by atoms with Gasteiger partial charge >= 0.3 is 30.3 Å². The number of phenolic OH excluding ortho intramolecular Hbond substituents is 1. The van der Waals surface area contributed by atoms with Crippen LogP contribution >= 0.6 is 11.6 Å². The maximum absolute atomic E-state index is 14.6. The van der Waals surface area contributed by atoms with Crippen LogP contribution in [0.15, 0.2) is 103 Å². The standard InChI is InChI=1S/C65H75ClN14O16/c1-37(2)55(76-63(90)94-29-28-93-27-26-79-51(82)19-20-52(79)83)59(86)75-47(10-6-21-69-61(67)88)58(85)72-43-15-11-39(12-16-43)36-95-64(91)77(4)24-25-78(23-7-22-70-62(68)89)65(92)96-50-32-49-54(53-38(3)8-5-9-46(50)53)42(33-66)35-80(49)60(87)48-31-41-30-44(34-71-56(41)74-48)73-57(84)40-13-17-45(81)18-14-40/h5,8-9,11-20,30-32,34,37,42,47,55,81H,6-7,10,21-29,33,35-36H2,1-4H3,(H,71,74)(H,72,85)(H,73,84)(H,75,86)(H,76,90)(H3,67,69,88)(H3,68,70,89)/t42-,47+,55?/m1/s1. The SMILES string of the molecule is Cc1cccc2c(OC(=O)N(CCCNC(N)=O)CCN(C)C(=O)OCc3ccc(NC(=O)[C@H](CCCNC(N)=O)NC(=O)C(NC(=O)OCCOCCN4C(=O)C=CC4=O)C(C)C)cc3)cc3c(c12)[C@H](CCl)CN3C(=O)c1cc2cc(NC(=O)c3ccc(O)cc3)cnc2[nH]1. The van der Waals surface area contributed by atoms with E-state index in [0.29, 0.717) is 44.6 Å². The van der Waals surface area contributed by atoms with Gasteiger partial charge in [0, 0.05) is 98.4 Å². The van der Waals surface area contributed by atoms with Crippen molar-refractivity contribution in [3.8, 4) is 11.5 Å². The second-order valence-corrected chi connectivity index (χ2v) is 23.2. The Morgan fingerprint density at radius 3 is 2.19 bits per heavy atom. The highest BCUT2D eigenvalue weighted by Gasteiger charge is 2.37. The Morgan fingerprint density at radius 1 is 0.792 bits per heavy atom. The van der Waals surface area contributed by atoms with Crippen LogP contribution in [0, 0.1) is 12.8 Å². The van der Waals surface area contributed by atoms with Gasteiger partial charge < -0.3 is 87.1 Å². The van der Waals surface area contributed by atoms with E-state index in [2.05, 4.69) is 41.9 Å². The Hall–Kier alpha value is -11.0. The summed E-state index contributed by atoms with van der Waals surface area (Å²) in [5, 5.41) is 27.2. The highest BCUT2D eigenvalue weighted by molar-refractivity contribution is 6.20. The number of nitrogens with one attached hydrogen (secondary N) is 7. The molecular formula is C65H75ClN14O16. The van der Waals surface area contributed by atoms with E-state index in [1.54, 1.807) is 67.3 Å². The summed E-state index contributed by atoms with van der Waals surface area (Å²) < 4.78 is 22.4. The molecule has 0 aliphatic carbocycles. The zero-order valence-electron chi connectivity index (χ0n) is 53.1. The molecule has 1 unspecified atom stereocenters. The molecule has 8 rings (SSSR count). The minimum atomic E-state index is -1.17. The van der Waals surface area contributed by atoms with E-state index in [-0.39, 0.29) is 120 Å². The van der Waals surface area contributed by atoms with Gasteiger partial charge in [0.1, 0.15) is 48.1 Å². The van der Waals surface area contributed by atoms with Crippen LogP contribution in [0.25, 0.3) is 21.8 Å². The third kappa shape index (κ3) is 18.9. The Kier molecular flexibility index (Phi) is 24.5. The first-order chi connectivity index (χ1) is 46.0. The van der Waals surface area contributed by atoms with Gasteiger partial charge in [-0.3, -0.25) is 33.7 Å². The predicted octanol–water partition coefficient (Wildman–Crippen LogP) is 5.66. The maximum Gasteiger partial charge on any atom is 0.415 e. The second-order valence-electron chi connectivity index (χ2n) is 22.8. The molecule has 0 saturated carbocycles. The van der Waals surface area contributed by atoms with Crippen LogP contribution in [0.3, 0.4) is 0 Å². The molecular weight excluding hydrogens is 1270 g/mol. The molecule has 508 valence electrons. The number of carbonyl (C=O) groups is 11. The second kappa shape index (κ2) is 33.2. The minimum absolute atomic E-state index is 0.00529. The number of alkyl carbamates (subject to hydrolysis) is 1. The number of aromatic hydroxyl groups is 1. The van der Waals surface area contributed by atoms with Crippen molar-refractivity contribution < 1.29 is 76.8 Å². The first kappa shape index (κ1) is 70.9. The van der Waals surface area contributed by atoms with E-state index in [1.165, 1.54) is 47.3 Å². The number of phenols is 1. The zero-order valence-corrected chi connectivity index (χ0v) is 53.8. The number of benzene rings is 4. The zero-order chi connectivity index (χ0) is 69.2. The number of urea groups is 2. The molecule has 2 aliphatic rings. The number of ether oxygens (including phenoxy) is 4. The van der Waals surface area contributed by atoms with Crippen LogP contribution in [-0.4, -0.2) is 186 Å². The summed E-state index contributed by atoms with van der Waals surface area (Å²) in [7, 11) is 1.48. The first-order valence-corrected chi connectivity index (χ1v) is 31.2. The largest absolute Gasteiger partial charge is 0.508 e. The quantitative estimate of drug-likeness (QED) is 0.0148. The van der Waals surface area contributed by atoms with Crippen LogP contribution in [0.1, 0.15) is 76.6 Å². The molecule has 0 saturated heterocycles. The Balaban J connectivity index is 0.875. The van der Waals surface area contributed by atoms with Crippen LogP contribution in [0.4, 0.5) is 41.0 Å². The van der Waals surface area contributed by atoms with Crippen LogP contribution in [0.2, 0.25) is 0 Å². The molecule has 6 aromatic rings. The number of pyridine rings is 1. The molecule has 2 aromatic heterocycles. The van der Waals surface area contributed by atoms with Crippen molar-refractivity contribution in [1.82, 2.24) is 45.9 Å². The highest BCUT2D eigenvalue weighted by atomic mass is 35.5. The summed E-state index contributed by atoms with van der Waals surface area (Å²) in [5.41, 5.74) is 14.7. The number of imide groups is 1. The molecule has 31 heteroatoms. The van der Waals surface area contributed by atoms with Crippen molar-refractivity contribution in [2.45, 2.75) is 64.6 Å². The van der Waals surface area contributed by atoms with Crippen LogP contribution in [0.5, 0.6) is 11.5 Å². The average Bonchev–Trinajstić information content (AvgIpc) is 1.54. The molecule has 13 amide bonds. The molecule has 4 aromatic carbocycles. The molecule has 4 heterocycles. The number of carbonyl (C=O) groups excluding carboxylic acids is 11. The van der Waals surface area contributed by atoms with Gasteiger partial charge in [0.25, 0.3) is 23.6 Å². The molecule has 0 spiro atoms. The summed E-state index contributed by atoms with van der Waals surface area (Å²) >= 11 is 6.65. The van der Waals surface area contributed by atoms with Gasteiger partial charge in [0.2, 0.25) is 11.8 Å². The lowest BCUT2D eigenvalue weighted by Gasteiger charge is -2.26. The number of alkyl halides is 1. The van der Waals surface area contributed by atoms with Crippen LogP contribution < -0.4 is 53.0 Å². The van der Waals surface area contributed by atoms with Crippen molar-refractivity contribution in [2.75, 3.05) is 94.1 Å². The first-order valence-electron chi connectivity index (χ1n) is 30.7. The van der Waals surface area contributed by atoms with E-state index in [1.807, 2.05) is 19.1 Å². The number of fused-ring (bicyclic) bond motifs is 4. The fourth-order valence-corrected chi connectivity index (χ4v) is 10.8. The number of rotatable bonds is 30. The summed E-state index contributed by atoms with van der Waals surface area (Å²) in [4.78, 5) is 155. The number of H-pyrrole nitrogens is 1. The van der Waals surface area contributed by atoms with Crippen LogP contribution in [-0.2, 0) is 40.0 Å². The normalized spacial score (nSPS) is 13.8. The predicted molar refractivity (Wildman–Crippen MR) is 352 cm³/mol. The van der Waals surface area contributed by atoms with E-state index in [0.717, 1.165) is 33.6 Å². The lowest BCUT2D eigenvalue weighted by atomic mass is 9.92. The molecule has 96 heavy (non-hydrogen) atoms. The van der Waals surface area contributed by atoms with Crippen molar-refractivity contribution in [2.24, 2.45) is 17.4 Å². The average molecular weight is 1340 g/mol. The van der Waals surface area contributed by atoms with Crippen molar-refractivity contribution in [3.63, 3.8) is 0 Å². The number of anilines is 3. The molecule has 3 atom stereocenters. The number of halogens is 1. The van der Waals surface area contributed by atoms with E-state index in [4.69, 9.17) is 42.0 Å². The van der Waals surface area contributed by atoms with Gasteiger partial charge in [-0.1, -0.05) is 44.2 Å². The fraction of sp³-hybridized carbons (Fsp3) is 0.354. The summed E-state index contributed by atoms with van der Waals surface area (Å²) in [5.74, 6) is -3.61. The number of primary amides is 2. The van der Waals surface area contributed by atoms with Gasteiger partial charge in [-0.25, -0.2) is 29.0 Å². The number of aryl methyl sites for hydroxylation is 1. The van der Waals surface area contributed by atoms with Gasteiger partial charge in [0.15, 0.2) is 0 Å². The third-order valence-electron chi connectivity index (χ3n) is 15.6. The monoisotopic (exact) mass is 1340 g/mol. The highest BCUT2D eigenvalue weighted by Crippen LogP contribution is 2.47. The summed E-state index contributed by atoms with van der Waals surface area (Å²) in [6.45, 7) is 5.09. The summed E-state index contributed by atoms with van der Waals surface area (Å²) in [6.07, 6.45) is 1.75. The maximum atomic E-state index is 14.6. The van der Waals surface area contributed by atoms with Crippen molar-refractivity contribution in [1.29, 1.82) is 0 Å². The van der Waals surface area contributed by atoms with Gasteiger partial charge in [0.05, 0.1) is 37.3 Å². The van der Waals surface area contributed by atoms with Gasteiger partial charge in [-0.05, 0) is 103 Å². The number of nitrogens with zero attached hydrogens (tertiary/aromatic N) is 5. The topological polar surface area (TPSA) is 411 Å². The lowest BCUT2D eigenvalue weighted by molar-refractivity contribution is -0.137. The van der Waals surface area contributed by atoms with Gasteiger partial charge in [-0.2, -0.15) is 0 Å². The number of hydrogen-bond donors (Lipinski definition) is 10. The number of hydrogen-bond acceptors (Lipinski definition) is 17. The molecule has 12 N–H and O–H groups in total. The van der Waals surface area contributed by atoms with E-state index in [9.17, 15) is 57.8 Å². The smallest absolute Gasteiger partial charge is 0.415 e. The van der Waals surface area contributed by atoms with E-state index >= 15 is 0 Å². The Morgan fingerprint density at radius 2 is 1.50 bits per heavy atom. The van der Waals surface area contributed by atoms with Crippen molar-refractivity contribution >= 4 is 116 Å². The number of aromatic nitrogens is 2. The number of nitrogens with two attached hydrogens (primary N) is 2. The fourth-order valence-electron chi connectivity index (χ4n) is 10.6. The summed E-state index contributed by atoms with van der Waals surface area (Å²) in [6, 6.07) is 18.6. The molecule has 0 bridgehead atoms. The molecule has 2 aliphatic heterocycles.